The monoisotopic (exact) mass is 616 g/mol. The smallest absolute Gasteiger partial charge is 0.338 e. The molecule has 43 heavy (non-hydrogen) atoms. The minimum Gasteiger partial charge on any atom is -0.468 e. The second-order valence-corrected chi connectivity index (χ2v) is 12.5. The molecule has 0 saturated carbocycles. The summed E-state index contributed by atoms with van der Waals surface area (Å²) >= 11 is 1.31. The van der Waals surface area contributed by atoms with Crippen molar-refractivity contribution in [1.82, 2.24) is 25.0 Å². The van der Waals surface area contributed by atoms with E-state index < -0.39 is 47.2 Å². The Labute approximate surface area is 252 Å². The molecule has 2 amide bonds. The summed E-state index contributed by atoms with van der Waals surface area (Å²) < 4.78 is 39.2. The van der Waals surface area contributed by atoms with Gasteiger partial charge in [-0.05, 0) is 44.9 Å². The Morgan fingerprint density at radius 1 is 1.16 bits per heavy atom. The van der Waals surface area contributed by atoms with E-state index in [-0.39, 0.29) is 29.3 Å². The number of aromatic nitrogens is 1. The first-order valence-electron chi connectivity index (χ1n) is 13.8. The number of carbonyl (C=O) groups excluding carboxylic acids is 3. The first-order chi connectivity index (χ1) is 20.4. The number of aliphatic imine (C=N–C) groups is 1. The van der Waals surface area contributed by atoms with Crippen LogP contribution in [0.4, 0.5) is 13.6 Å². The number of esters is 2. The fraction of sp³-hybridized carbons (Fsp3) is 0.483. The number of rotatable bonds is 6. The highest BCUT2D eigenvalue weighted by Gasteiger charge is 2.52. The Kier molecular flexibility index (Phi) is 8.27. The molecule has 0 aliphatic carbocycles. The molecule has 5 rings (SSSR count). The Morgan fingerprint density at radius 3 is 2.53 bits per heavy atom. The number of amides is 2. The largest absolute Gasteiger partial charge is 0.468 e. The Bertz CT molecular complexity index is 1510. The molecule has 2 aromatic rings. The molecule has 230 valence electrons. The van der Waals surface area contributed by atoms with Crippen LogP contribution in [0.3, 0.4) is 0 Å². The molecule has 3 aliphatic rings. The molecule has 4 heterocycles. The summed E-state index contributed by atoms with van der Waals surface area (Å²) in [5.41, 5.74) is 0.272. The molecule has 2 fully saturated rings. The lowest BCUT2D eigenvalue weighted by Crippen LogP contribution is -2.62. The number of methoxy groups -OCH3 is 2. The molecule has 0 unspecified atom stereocenters. The van der Waals surface area contributed by atoms with Gasteiger partial charge in [-0.1, -0.05) is 6.07 Å². The van der Waals surface area contributed by atoms with Crippen LogP contribution in [0, 0.1) is 18.6 Å². The number of benzene rings is 1. The maximum Gasteiger partial charge on any atom is 0.338 e. The highest BCUT2D eigenvalue weighted by molar-refractivity contribution is 7.11. The molecule has 1 N–H and O–H groups in total. The van der Waals surface area contributed by atoms with Crippen LogP contribution < -0.4 is 5.32 Å². The van der Waals surface area contributed by atoms with Gasteiger partial charge in [0.25, 0.3) is 0 Å². The molecule has 1 aromatic carbocycles. The standard InChI is InChI=1S/C29H34F2N6O5S/c1-15-16(7-8-17(30)21(15)31)22-20(26(38)41-5)18(33-24(34-22)25-32-9-12-43-25)13-35-10-11-36-19(23(35)27(39)42-6)14-37(28(36)40)29(2,3)4/h7-9,12,19,22-23H,10-11,13-14H2,1-6H3,(H,33,34)/t19-,22+,23+/m1/s1. The second-order valence-electron chi connectivity index (χ2n) is 11.6. The van der Waals surface area contributed by atoms with Gasteiger partial charge in [-0.2, -0.15) is 0 Å². The Hall–Kier alpha value is -3.91. The number of hydrogen-bond acceptors (Lipinski definition) is 10. The van der Waals surface area contributed by atoms with E-state index in [0.29, 0.717) is 36.2 Å². The van der Waals surface area contributed by atoms with Crippen molar-refractivity contribution in [2.24, 2.45) is 4.99 Å². The number of carbonyl (C=O) groups is 3. The van der Waals surface area contributed by atoms with E-state index in [9.17, 15) is 23.2 Å². The summed E-state index contributed by atoms with van der Waals surface area (Å²) in [5, 5.41) is 5.50. The van der Waals surface area contributed by atoms with Gasteiger partial charge in [0.05, 0.1) is 25.8 Å². The summed E-state index contributed by atoms with van der Waals surface area (Å²) in [6.07, 6.45) is 1.60. The van der Waals surface area contributed by atoms with Gasteiger partial charge in [0.2, 0.25) is 0 Å². The molecule has 0 spiro atoms. The van der Waals surface area contributed by atoms with Crippen molar-refractivity contribution in [1.29, 1.82) is 0 Å². The number of nitrogens with zero attached hydrogens (tertiary/aromatic N) is 5. The third-order valence-corrected chi connectivity index (χ3v) is 8.87. The van der Waals surface area contributed by atoms with Crippen LogP contribution in [0.1, 0.15) is 42.9 Å². The van der Waals surface area contributed by atoms with Gasteiger partial charge >= 0.3 is 18.0 Å². The average Bonchev–Trinajstić information content (AvgIpc) is 3.63. The maximum atomic E-state index is 14.8. The lowest BCUT2D eigenvalue weighted by atomic mass is 9.91. The van der Waals surface area contributed by atoms with Crippen molar-refractivity contribution < 1.29 is 32.6 Å². The first-order valence-corrected chi connectivity index (χ1v) is 14.7. The molecule has 3 aliphatic heterocycles. The summed E-state index contributed by atoms with van der Waals surface area (Å²) in [4.78, 5) is 54.3. The number of hydrogen-bond donors (Lipinski definition) is 1. The number of piperazine rings is 1. The lowest BCUT2D eigenvalue weighted by Gasteiger charge is -2.43. The number of amidine groups is 1. The predicted octanol–water partition coefficient (Wildman–Crippen LogP) is 3.01. The van der Waals surface area contributed by atoms with Crippen molar-refractivity contribution in [3.8, 4) is 0 Å². The van der Waals surface area contributed by atoms with Crippen molar-refractivity contribution in [3.05, 3.63) is 62.7 Å². The minimum atomic E-state index is -1.06. The quantitative estimate of drug-likeness (QED) is 0.493. The van der Waals surface area contributed by atoms with E-state index in [1.54, 1.807) is 21.4 Å². The minimum absolute atomic E-state index is 0.00248. The van der Waals surface area contributed by atoms with Crippen LogP contribution in [-0.4, -0.2) is 102 Å². The number of thiazole rings is 1. The highest BCUT2D eigenvalue weighted by atomic mass is 32.1. The fourth-order valence-electron chi connectivity index (χ4n) is 5.89. The molecule has 11 nitrogen and oxygen atoms in total. The topological polar surface area (TPSA) is 117 Å². The van der Waals surface area contributed by atoms with Crippen molar-refractivity contribution in [2.75, 3.05) is 40.4 Å². The van der Waals surface area contributed by atoms with Crippen LogP contribution in [0.25, 0.3) is 0 Å². The van der Waals surface area contributed by atoms with Gasteiger partial charge in [-0.15, -0.1) is 11.3 Å². The van der Waals surface area contributed by atoms with E-state index >= 15 is 0 Å². The van der Waals surface area contributed by atoms with E-state index in [0.717, 1.165) is 6.07 Å². The number of fused-ring (bicyclic) bond motifs is 1. The van der Waals surface area contributed by atoms with Crippen LogP contribution in [-0.2, 0) is 19.1 Å². The van der Waals surface area contributed by atoms with Crippen LogP contribution in [0.2, 0.25) is 0 Å². The molecular weight excluding hydrogens is 582 g/mol. The van der Waals surface area contributed by atoms with Crippen LogP contribution in [0.5, 0.6) is 0 Å². The molecule has 2 saturated heterocycles. The third kappa shape index (κ3) is 5.49. The van der Waals surface area contributed by atoms with Crippen LogP contribution >= 0.6 is 11.3 Å². The zero-order valence-electron chi connectivity index (χ0n) is 24.8. The predicted molar refractivity (Wildman–Crippen MR) is 154 cm³/mol. The van der Waals surface area contributed by atoms with E-state index in [4.69, 9.17) is 14.5 Å². The van der Waals surface area contributed by atoms with Crippen molar-refractivity contribution in [3.63, 3.8) is 0 Å². The highest BCUT2D eigenvalue weighted by Crippen LogP contribution is 2.37. The van der Waals surface area contributed by atoms with Gasteiger partial charge in [0, 0.05) is 49.0 Å². The second kappa shape index (κ2) is 11.6. The number of urea groups is 1. The third-order valence-electron chi connectivity index (χ3n) is 8.09. The van der Waals surface area contributed by atoms with Crippen molar-refractivity contribution >= 4 is 35.1 Å². The molecule has 1 aromatic heterocycles. The van der Waals surface area contributed by atoms with E-state index in [2.05, 4.69) is 10.3 Å². The first kappa shape index (κ1) is 30.5. The SMILES string of the molecule is COC(=O)C1=C(CN2CCN3C(=O)N(C(C)(C)C)C[C@@H]3[C@H]2C(=O)OC)NC(c2nccs2)=N[C@H]1c1ccc(F)c(F)c1C. The molecule has 0 radical (unpaired) electrons. The summed E-state index contributed by atoms with van der Waals surface area (Å²) in [6.45, 7) is 8.25. The summed E-state index contributed by atoms with van der Waals surface area (Å²) in [7, 11) is 2.52. The molecule has 14 heteroatoms. The maximum absolute atomic E-state index is 14.8. The molecular formula is C29H34F2N6O5S. The van der Waals surface area contributed by atoms with Gasteiger partial charge in [-0.25, -0.2) is 23.4 Å². The number of nitrogens with one attached hydrogen (secondary N) is 1. The van der Waals surface area contributed by atoms with Gasteiger partial charge in [-0.3, -0.25) is 14.7 Å². The fourth-order valence-corrected chi connectivity index (χ4v) is 6.47. The van der Waals surface area contributed by atoms with Gasteiger partial charge in [0.15, 0.2) is 22.5 Å². The number of ether oxygens (including phenoxy) is 2. The number of halogens is 2. The zero-order valence-corrected chi connectivity index (χ0v) is 25.6. The summed E-state index contributed by atoms with van der Waals surface area (Å²) in [5.74, 6) is -2.96. The molecule has 3 atom stereocenters. The van der Waals surface area contributed by atoms with E-state index in [1.807, 2.05) is 25.7 Å². The zero-order chi connectivity index (χ0) is 31.2. The van der Waals surface area contributed by atoms with E-state index in [1.165, 1.54) is 38.5 Å². The summed E-state index contributed by atoms with van der Waals surface area (Å²) in [6, 6.07) is -0.140. The Balaban J connectivity index is 1.60. The lowest BCUT2D eigenvalue weighted by molar-refractivity contribution is -0.150. The normalized spacial score (nSPS) is 22.7. The van der Waals surface area contributed by atoms with Crippen molar-refractivity contribution in [2.45, 2.75) is 51.4 Å². The Morgan fingerprint density at radius 2 is 1.91 bits per heavy atom. The van der Waals surface area contributed by atoms with Crippen LogP contribution in [0.15, 0.2) is 40.0 Å². The molecule has 0 bridgehead atoms. The van der Waals surface area contributed by atoms with Gasteiger partial charge in [0.1, 0.15) is 12.1 Å². The average molecular weight is 617 g/mol. The van der Waals surface area contributed by atoms with Gasteiger partial charge < -0.3 is 24.6 Å².